The van der Waals surface area contributed by atoms with Crippen molar-refractivity contribution in [2.24, 2.45) is 11.7 Å². The summed E-state index contributed by atoms with van der Waals surface area (Å²) in [5.41, 5.74) is 7.00. The molecule has 0 bridgehead atoms. The number of aromatic hydroxyl groups is 1. The van der Waals surface area contributed by atoms with Crippen LogP contribution in [0, 0.1) is 5.92 Å². The second kappa shape index (κ2) is 6.26. The van der Waals surface area contributed by atoms with Crippen LogP contribution in [0.15, 0.2) is 18.2 Å². The van der Waals surface area contributed by atoms with Gasteiger partial charge in [0, 0.05) is 19.1 Å². The van der Waals surface area contributed by atoms with Crippen molar-refractivity contribution in [1.82, 2.24) is 4.90 Å². The summed E-state index contributed by atoms with van der Waals surface area (Å²) in [6.07, 6.45) is 2.48. The van der Waals surface area contributed by atoms with Gasteiger partial charge in [-0.2, -0.15) is 0 Å². The van der Waals surface area contributed by atoms with Crippen LogP contribution in [0.4, 0.5) is 0 Å². The van der Waals surface area contributed by atoms with E-state index in [1.165, 1.54) is 12.8 Å². The first-order chi connectivity index (χ1) is 9.15. The molecule has 1 aromatic carbocycles. The van der Waals surface area contributed by atoms with Gasteiger partial charge in [0.05, 0.1) is 7.11 Å². The van der Waals surface area contributed by atoms with E-state index in [-0.39, 0.29) is 5.75 Å². The summed E-state index contributed by atoms with van der Waals surface area (Å²) in [7, 11) is 1.56. The van der Waals surface area contributed by atoms with E-state index in [1.807, 2.05) is 12.1 Å². The molecular formula is C15H24N2O2. The van der Waals surface area contributed by atoms with E-state index in [9.17, 15) is 5.11 Å². The quantitative estimate of drug-likeness (QED) is 0.873. The van der Waals surface area contributed by atoms with E-state index in [2.05, 4.69) is 11.8 Å². The van der Waals surface area contributed by atoms with Gasteiger partial charge < -0.3 is 15.6 Å². The zero-order valence-electron chi connectivity index (χ0n) is 11.8. The standard InChI is InChI=1S/C15H24N2O2/c1-11-4-3-7-17(13(11)9-16)10-12-5-6-15(19-2)14(18)8-12/h5-6,8,11,13,18H,3-4,7,9-10,16H2,1-2H3. The average Bonchev–Trinajstić information content (AvgIpc) is 2.39. The first-order valence-corrected chi connectivity index (χ1v) is 6.95. The lowest BCUT2D eigenvalue weighted by Crippen LogP contribution is -2.47. The smallest absolute Gasteiger partial charge is 0.160 e. The average molecular weight is 264 g/mol. The Morgan fingerprint density at radius 2 is 2.26 bits per heavy atom. The fourth-order valence-electron chi connectivity index (χ4n) is 2.98. The van der Waals surface area contributed by atoms with Crippen molar-refractivity contribution in [3.05, 3.63) is 23.8 Å². The number of nitrogens with two attached hydrogens (primary N) is 1. The van der Waals surface area contributed by atoms with Crippen molar-refractivity contribution < 1.29 is 9.84 Å². The van der Waals surface area contributed by atoms with E-state index < -0.39 is 0 Å². The first kappa shape index (κ1) is 14.2. The maximum absolute atomic E-state index is 9.83. The number of rotatable bonds is 4. The molecule has 1 aromatic rings. The summed E-state index contributed by atoms with van der Waals surface area (Å²) < 4.78 is 5.07. The van der Waals surface area contributed by atoms with E-state index in [1.54, 1.807) is 13.2 Å². The molecule has 1 saturated heterocycles. The van der Waals surface area contributed by atoms with Gasteiger partial charge in [0.15, 0.2) is 11.5 Å². The number of piperidine rings is 1. The number of hydrogen-bond donors (Lipinski definition) is 2. The van der Waals surface area contributed by atoms with Crippen molar-refractivity contribution >= 4 is 0 Å². The zero-order valence-corrected chi connectivity index (χ0v) is 11.8. The lowest BCUT2D eigenvalue weighted by Gasteiger charge is -2.39. The molecule has 0 aliphatic carbocycles. The topological polar surface area (TPSA) is 58.7 Å². The Kier molecular flexibility index (Phi) is 4.66. The number of benzene rings is 1. The van der Waals surface area contributed by atoms with Crippen LogP contribution in [-0.2, 0) is 6.54 Å². The Morgan fingerprint density at radius 3 is 2.89 bits per heavy atom. The number of phenolic OH excluding ortho intramolecular Hbond substituents is 1. The Balaban J connectivity index is 2.09. The Labute approximate surface area is 115 Å². The maximum Gasteiger partial charge on any atom is 0.160 e. The highest BCUT2D eigenvalue weighted by Gasteiger charge is 2.27. The molecule has 1 aliphatic rings. The minimum Gasteiger partial charge on any atom is -0.504 e. The van der Waals surface area contributed by atoms with Gasteiger partial charge in [0.25, 0.3) is 0 Å². The van der Waals surface area contributed by atoms with Crippen molar-refractivity contribution in [2.75, 3.05) is 20.2 Å². The number of ether oxygens (including phenoxy) is 1. The molecule has 4 nitrogen and oxygen atoms in total. The van der Waals surface area contributed by atoms with Gasteiger partial charge in [-0.1, -0.05) is 13.0 Å². The third kappa shape index (κ3) is 3.19. The number of likely N-dealkylation sites (tertiary alicyclic amines) is 1. The molecule has 0 saturated carbocycles. The molecule has 2 atom stereocenters. The van der Waals surface area contributed by atoms with Crippen LogP contribution in [0.2, 0.25) is 0 Å². The fraction of sp³-hybridized carbons (Fsp3) is 0.600. The molecule has 4 heteroatoms. The third-order valence-corrected chi connectivity index (χ3v) is 4.10. The lowest BCUT2D eigenvalue weighted by atomic mass is 9.90. The molecule has 0 radical (unpaired) electrons. The summed E-state index contributed by atoms with van der Waals surface area (Å²) in [4.78, 5) is 2.43. The highest BCUT2D eigenvalue weighted by atomic mass is 16.5. The van der Waals surface area contributed by atoms with Gasteiger partial charge in [-0.3, -0.25) is 4.90 Å². The van der Waals surface area contributed by atoms with Crippen LogP contribution in [-0.4, -0.2) is 36.2 Å². The van der Waals surface area contributed by atoms with Crippen LogP contribution in [0.5, 0.6) is 11.5 Å². The molecule has 1 aliphatic heterocycles. The van der Waals surface area contributed by atoms with E-state index in [0.29, 0.717) is 24.3 Å². The van der Waals surface area contributed by atoms with Crippen LogP contribution in [0.3, 0.4) is 0 Å². The monoisotopic (exact) mass is 264 g/mol. The van der Waals surface area contributed by atoms with Crippen LogP contribution >= 0.6 is 0 Å². The molecule has 1 heterocycles. The number of hydrogen-bond acceptors (Lipinski definition) is 4. The maximum atomic E-state index is 9.83. The summed E-state index contributed by atoms with van der Waals surface area (Å²) >= 11 is 0. The minimum atomic E-state index is 0.203. The minimum absolute atomic E-state index is 0.203. The second-order valence-electron chi connectivity index (χ2n) is 5.40. The van der Waals surface area contributed by atoms with Crippen LogP contribution < -0.4 is 10.5 Å². The van der Waals surface area contributed by atoms with E-state index >= 15 is 0 Å². The molecule has 3 N–H and O–H groups in total. The number of nitrogens with zero attached hydrogens (tertiary/aromatic N) is 1. The lowest BCUT2D eigenvalue weighted by molar-refractivity contribution is 0.0990. The SMILES string of the molecule is COc1ccc(CN2CCCC(C)C2CN)cc1O. The largest absolute Gasteiger partial charge is 0.504 e. The van der Waals surface area contributed by atoms with Crippen molar-refractivity contribution in [1.29, 1.82) is 0 Å². The van der Waals surface area contributed by atoms with Gasteiger partial charge in [-0.15, -0.1) is 0 Å². The Hall–Kier alpha value is -1.26. The van der Waals surface area contributed by atoms with Gasteiger partial charge in [-0.25, -0.2) is 0 Å². The molecule has 1 fully saturated rings. The number of phenols is 1. The molecule has 0 amide bonds. The third-order valence-electron chi connectivity index (χ3n) is 4.10. The molecule has 19 heavy (non-hydrogen) atoms. The normalized spacial score (nSPS) is 24.4. The highest BCUT2D eigenvalue weighted by molar-refractivity contribution is 5.41. The van der Waals surface area contributed by atoms with Gasteiger partial charge in [0.1, 0.15) is 0 Å². The summed E-state index contributed by atoms with van der Waals surface area (Å²) in [5.74, 6) is 1.37. The molecular weight excluding hydrogens is 240 g/mol. The first-order valence-electron chi connectivity index (χ1n) is 6.95. The van der Waals surface area contributed by atoms with Gasteiger partial charge in [0.2, 0.25) is 0 Å². The van der Waals surface area contributed by atoms with Crippen molar-refractivity contribution in [3.8, 4) is 11.5 Å². The molecule has 106 valence electrons. The van der Waals surface area contributed by atoms with E-state index in [0.717, 1.165) is 18.7 Å². The summed E-state index contributed by atoms with van der Waals surface area (Å²) in [6, 6.07) is 6.05. The highest BCUT2D eigenvalue weighted by Crippen LogP contribution is 2.29. The van der Waals surface area contributed by atoms with Crippen LogP contribution in [0.1, 0.15) is 25.3 Å². The Morgan fingerprint density at radius 1 is 1.47 bits per heavy atom. The van der Waals surface area contributed by atoms with Gasteiger partial charge in [-0.05, 0) is 43.0 Å². The zero-order chi connectivity index (χ0) is 13.8. The number of methoxy groups -OCH3 is 1. The summed E-state index contributed by atoms with van der Waals surface area (Å²) in [5, 5.41) is 9.83. The molecule has 2 unspecified atom stereocenters. The fourth-order valence-corrected chi connectivity index (χ4v) is 2.98. The van der Waals surface area contributed by atoms with Gasteiger partial charge >= 0.3 is 0 Å². The van der Waals surface area contributed by atoms with Crippen molar-refractivity contribution in [2.45, 2.75) is 32.4 Å². The molecule has 2 rings (SSSR count). The predicted molar refractivity (Wildman–Crippen MR) is 76.3 cm³/mol. The second-order valence-corrected chi connectivity index (χ2v) is 5.40. The molecule has 0 spiro atoms. The predicted octanol–water partition coefficient (Wildman–Crippen LogP) is 1.96. The van der Waals surface area contributed by atoms with E-state index in [4.69, 9.17) is 10.5 Å². The van der Waals surface area contributed by atoms with Crippen molar-refractivity contribution in [3.63, 3.8) is 0 Å². The summed E-state index contributed by atoms with van der Waals surface area (Å²) in [6.45, 7) is 4.89. The Bertz CT molecular complexity index is 423. The van der Waals surface area contributed by atoms with Crippen LogP contribution in [0.25, 0.3) is 0 Å². The molecule has 0 aromatic heterocycles.